The predicted octanol–water partition coefficient (Wildman–Crippen LogP) is 3.56. The molecule has 0 heterocycles. The Kier molecular flexibility index (Phi) is 7.26. The molecule has 2 N–H and O–H groups in total. The van der Waals surface area contributed by atoms with Crippen molar-refractivity contribution >= 4 is 23.5 Å². The molecule has 2 amide bonds. The molecule has 1 atom stereocenters. The van der Waals surface area contributed by atoms with Crippen LogP contribution in [-0.4, -0.2) is 30.4 Å². The van der Waals surface area contributed by atoms with Gasteiger partial charge in [0.2, 0.25) is 0 Å². The first kappa shape index (κ1) is 23.0. The lowest BCUT2D eigenvalue weighted by Gasteiger charge is -2.19. The van der Waals surface area contributed by atoms with E-state index in [4.69, 9.17) is 4.74 Å². The third-order valence-corrected chi connectivity index (χ3v) is 4.26. The number of benzene rings is 2. The molecule has 8 heteroatoms. The van der Waals surface area contributed by atoms with Crippen molar-refractivity contribution in [3.8, 4) is 0 Å². The molecule has 160 valence electrons. The lowest BCUT2D eigenvalue weighted by atomic mass is 9.86. The molecule has 0 fully saturated rings. The van der Waals surface area contributed by atoms with Gasteiger partial charge in [-0.05, 0) is 42.2 Å². The number of halogens is 2. The number of anilines is 1. The van der Waals surface area contributed by atoms with Crippen molar-refractivity contribution in [2.75, 3.05) is 11.9 Å². The van der Waals surface area contributed by atoms with Crippen LogP contribution in [0.1, 0.15) is 43.6 Å². The topological polar surface area (TPSA) is 84.5 Å². The third-order valence-electron chi connectivity index (χ3n) is 4.26. The fourth-order valence-corrected chi connectivity index (χ4v) is 2.50. The maximum atomic E-state index is 13.5. The molecular weight excluding hydrogens is 394 g/mol. The van der Waals surface area contributed by atoms with Crippen LogP contribution in [0.5, 0.6) is 0 Å². The number of nitrogens with one attached hydrogen (secondary N) is 2. The van der Waals surface area contributed by atoms with E-state index in [-0.39, 0.29) is 11.1 Å². The Morgan fingerprint density at radius 1 is 1.03 bits per heavy atom. The summed E-state index contributed by atoms with van der Waals surface area (Å²) in [6, 6.07) is 8.57. The van der Waals surface area contributed by atoms with Gasteiger partial charge in [-0.25, -0.2) is 13.6 Å². The summed E-state index contributed by atoms with van der Waals surface area (Å²) in [5.74, 6) is -3.70. The molecule has 30 heavy (non-hydrogen) atoms. The molecule has 0 aliphatic rings. The molecule has 0 aliphatic carbocycles. The first-order valence-corrected chi connectivity index (χ1v) is 9.30. The number of esters is 1. The zero-order chi connectivity index (χ0) is 22.5. The van der Waals surface area contributed by atoms with Gasteiger partial charge in [0.25, 0.3) is 11.8 Å². The van der Waals surface area contributed by atoms with E-state index in [0.717, 1.165) is 23.8 Å². The van der Waals surface area contributed by atoms with E-state index in [0.29, 0.717) is 5.56 Å². The highest BCUT2D eigenvalue weighted by Crippen LogP contribution is 2.22. The van der Waals surface area contributed by atoms with E-state index >= 15 is 0 Å². The third kappa shape index (κ3) is 6.37. The number of amides is 2. The van der Waals surface area contributed by atoms with E-state index in [9.17, 15) is 23.2 Å². The van der Waals surface area contributed by atoms with Gasteiger partial charge in [-0.15, -0.1) is 0 Å². The van der Waals surface area contributed by atoms with Gasteiger partial charge in [0, 0.05) is 11.6 Å². The highest BCUT2D eigenvalue weighted by molar-refractivity contribution is 5.97. The zero-order valence-corrected chi connectivity index (χ0v) is 17.2. The Morgan fingerprint density at radius 2 is 1.67 bits per heavy atom. The summed E-state index contributed by atoms with van der Waals surface area (Å²) in [5.41, 5.74) is 1.02. The summed E-state index contributed by atoms with van der Waals surface area (Å²) in [5, 5.41) is 4.60. The van der Waals surface area contributed by atoms with Crippen LogP contribution >= 0.6 is 0 Å². The van der Waals surface area contributed by atoms with Crippen LogP contribution in [-0.2, 0) is 19.7 Å². The number of ether oxygens (including phenoxy) is 1. The van der Waals surface area contributed by atoms with Crippen LogP contribution in [0.15, 0.2) is 42.5 Å². The Labute approximate surface area is 173 Å². The highest BCUT2D eigenvalue weighted by atomic mass is 19.1. The van der Waals surface area contributed by atoms with Gasteiger partial charge in [-0.2, -0.15) is 0 Å². The van der Waals surface area contributed by atoms with Crippen LogP contribution in [0.2, 0.25) is 0 Å². The molecule has 6 nitrogen and oxygen atoms in total. The van der Waals surface area contributed by atoms with Crippen molar-refractivity contribution in [2.45, 2.75) is 39.2 Å². The normalized spacial score (nSPS) is 12.1. The Bertz CT molecular complexity index is 937. The Morgan fingerprint density at radius 3 is 2.27 bits per heavy atom. The van der Waals surface area contributed by atoms with E-state index in [1.807, 2.05) is 12.1 Å². The number of rotatable bonds is 6. The van der Waals surface area contributed by atoms with E-state index in [2.05, 4.69) is 31.4 Å². The molecule has 2 aromatic carbocycles. The second kappa shape index (κ2) is 9.47. The van der Waals surface area contributed by atoms with Gasteiger partial charge in [0.05, 0.1) is 5.69 Å². The second-order valence-electron chi connectivity index (χ2n) is 7.80. The minimum absolute atomic E-state index is 0.0545. The van der Waals surface area contributed by atoms with Crippen molar-refractivity contribution in [3.63, 3.8) is 0 Å². The van der Waals surface area contributed by atoms with Gasteiger partial charge in [0.1, 0.15) is 17.7 Å². The lowest BCUT2D eigenvalue weighted by Crippen LogP contribution is -2.40. The average Bonchev–Trinajstić information content (AvgIpc) is 2.68. The van der Waals surface area contributed by atoms with Crippen molar-refractivity contribution in [1.82, 2.24) is 5.32 Å². The number of carbonyl (C=O) groups is 3. The summed E-state index contributed by atoms with van der Waals surface area (Å²) in [6.45, 7) is 6.86. The zero-order valence-electron chi connectivity index (χ0n) is 17.2. The van der Waals surface area contributed by atoms with Crippen molar-refractivity contribution in [2.24, 2.45) is 0 Å². The SMILES string of the molecule is C[C@H](NC(=O)c1ccc(C(C)(C)C)cc1)C(=O)OCC(=O)Nc1cc(F)ccc1F. The van der Waals surface area contributed by atoms with Gasteiger partial charge in [-0.1, -0.05) is 32.9 Å². The summed E-state index contributed by atoms with van der Waals surface area (Å²) in [4.78, 5) is 36.1. The van der Waals surface area contributed by atoms with Crippen LogP contribution in [0.25, 0.3) is 0 Å². The summed E-state index contributed by atoms with van der Waals surface area (Å²) >= 11 is 0. The maximum absolute atomic E-state index is 13.5. The summed E-state index contributed by atoms with van der Waals surface area (Å²) in [6.07, 6.45) is 0. The monoisotopic (exact) mass is 418 g/mol. The van der Waals surface area contributed by atoms with Crippen LogP contribution in [0.3, 0.4) is 0 Å². The molecule has 0 unspecified atom stereocenters. The minimum Gasteiger partial charge on any atom is -0.454 e. The molecule has 0 spiro atoms. The quantitative estimate of drug-likeness (QED) is 0.703. The molecule has 0 aromatic heterocycles. The molecule has 0 bridgehead atoms. The van der Waals surface area contributed by atoms with Crippen molar-refractivity contribution in [3.05, 3.63) is 65.2 Å². The first-order valence-electron chi connectivity index (χ1n) is 9.30. The minimum atomic E-state index is -1.02. The molecule has 0 aliphatic heterocycles. The molecule has 2 aromatic rings. The van der Waals surface area contributed by atoms with E-state index < -0.39 is 42.1 Å². The number of carbonyl (C=O) groups excluding carboxylic acids is 3. The molecule has 0 radical (unpaired) electrons. The molecule has 2 rings (SSSR count). The van der Waals surface area contributed by atoms with Crippen LogP contribution < -0.4 is 10.6 Å². The van der Waals surface area contributed by atoms with Gasteiger partial charge < -0.3 is 15.4 Å². The fourth-order valence-electron chi connectivity index (χ4n) is 2.50. The van der Waals surface area contributed by atoms with Gasteiger partial charge >= 0.3 is 5.97 Å². The van der Waals surface area contributed by atoms with E-state index in [1.165, 1.54) is 6.92 Å². The van der Waals surface area contributed by atoms with Crippen LogP contribution in [0, 0.1) is 11.6 Å². The molecule has 0 saturated heterocycles. The Hall–Kier alpha value is -3.29. The number of hydrogen-bond acceptors (Lipinski definition) is 4. The van der Waals surface area contributed by atoms with Crippen LogP contribution in [0.4, 0.5) is 14.5 Å². The van der Waals surface area contributed by atoms with E-state index in [1.54, 1.807) is 12.1 Å². The Balaban J connectivity index is 1.86. The van der Waals surface area contributed by atoms with Crippen molar-refractivity contribution < 1.29 is 27.9 Å². The largest absolute Gasteiger partial charge is 0.454 e. The van der Waals surface area contributed by atoms with Gasteiger partial charge in [-0.3, -0.25) is 9.59 Å². The molecular formula is C22H24F2N2O4. The maximum Gasteiger partial charge on any atom is 0.328 e. The summed E-state index contributed by atoms with van der Waals surface area (Å²) < 4.78 is 31.5. The highest BCUT2D eigenvalue weighted by Gasteiger charge is 2.20. The average molecular weight is 418 g/mol. The summed E-state index contributed by atoms with van der Waals surface area (Å²) in [7, 11) is 0. The fraction of sp³-hybridized carbons (Fsp3) is 0.318. The first-order chi connectivity index (χ1) is 14.0. The lowest BCUT2D eigenvalue weighted by molar-refractivity contribution is -0.148. The molecule has 0 saturated carbocycles. The second-order valence-corrected chi connectivity index (χ2v) is 7.80. The smallest absolute Gasteiger partial charge is 0.328 e. The standard InChI is InChI=1S/C22H24F2N2O4/c1-13(25-20(28)14-5-7-15(8-6-14)22(2,3)4)21(29)30-12-19(27)26-18-11-16(23)9-10-17(18)24/h5-11,13H,12H2,1-4H3,(H,25,28)(H,26,27)/t13-/m0/s1. The predicted molar refractivity (Wildman–Crippen MR) is 108 cm³/mol. The van der Waals surface area contributed by atoms with Gasteiger partial charge in [0.15, 0.2) is 6.61 Å². The van der Waals surface area contributed by atoms with Crippen molar-refractivity contribution in [1.29, 1.82) is 0 Å². The number of hydrogen-bond donors (Lipinski definition) is 2.